The largest absolute Gasteiger partial charge is 1.00 e. The fraction of sp³-hybridized carbons (Fsp3) is 0.286. The molecule has 1 rings (SSSR count). The Labute approximate surface area is 81.8 Å². The fourth-order valence-electron chi connectivity index (χ4n) is 0.808. The van der Waals surface area contributed by atoms with E-state index in [-0.39, 0.29) is 17.0 Å². The van der Waals surface area contributed by atoms with E-state index in [1.165, 1.54) is 0 Å². The summed E-state index contributed by atoms with van der Waals surface area (Å²) in [5, 5.41) is 9.05. The van der Waals surface area contributed by atoms with Crippen LogP contribution in [-0.2, 0) is 6.54 Å². The Kier molecular flexibility index (Phi) is 5.83. The van der Waals surface area contributed by atoms with Crippen LogP contribution in [0.15, 0.2) is 30.6 Å². The summed E-state index contributed by atoms with van der Waals surface area (Å²) in [5.74, 6) is 5.01. The van der Waals surface area contributed by atoms with E-state index in [0.717, 1.165) is 0 Å². The average Bonchev–Trinajstić information content (AvgIpc) is 2.06. The summed E-state index contributed by atoms with van der Waals surface area (Å²) in [6, 6.07) is 5.70. The molecule has 0 aromatic carbocycles. The zero-order valence-electron chi connectivity index (χ0n) is 6.52. The molecule has 1 atom stereocenters. The summed E-state index contributed by atoms with van der Waals surface area (Å²) in [6.45, 7) is 0.456. The van der Waals surface area contributed by atoms with Gasteiger partial charge in [0.25, 0.3) is 0 Å². The first-order chi connectivity index (χ1) is 5.33. The molecule has 0 aliphatic heterocycles. The molecule has 0 saturated heterocycles. The molecular formula is C7H12BrN3O. The molecule has 0 aliphatic rings. The summed E-state index contributed by atoms with van der Waals surface area (Å²) >= 11 is 0. The predicted molar refractivity (Wildman–Crippen MR) is 40.0 cm³/mol. The van der Waals surface area contributed by atoms with Gasteiger partial charge in [-0.25, -0.2) is 9.99 Å². The SMILES string of the molecule is NNC(O)C[n+]1ccccc1.[Br-]. The van der Waals surface area contributed by atoms with Crippen molar-refractivity contribution < 1.29 is 26.7 Å². The molecular weight excluding hydrogens is 222 g/mol. The van der Waals surface area contributed by atoms with E-state index in [9.17, 15) is 0 Å². The molecule has 5 heteroatoms. The van der Waals surface area contributed by atoms with E-state index in [0.29, 0.717) is 6.54 Å². The third-order valence-corrected chi connectivity index (χ3v) is 1.35. The number of nitrogens with one attached hydrogen (secondary N) is 1. The summed E-state index contributed by atoms with van der Waals surface area (Å²) in [5.41, 5.74) is 2.25. The highest BCUT2D eigenvalue weighted by atomic mass is 79.9. The quantitative estimate of drug-likeness (QED) is 0.215. The minimum atomic E-state index is -0.692. The Balaban J connectivity index is 0.00000121. The van der Waals surface area contributed by atoms with Gasteiger partial charge in [-0.15, -0.1) is 0 Å². The number of hydrogen-bond acceptors (Lipinski definition) is 3. The Morgan fingerprint density at radius 3 is 2.42 bits per heavy atom. The van der Waals surface area contributed by atoms with Gasteiger partial charge in [0.15, 0.2) is 25.2 Å². The number of halogens is 1. The highest BCUT2D eigenvalue weighted by molar-refractivity contribution is 4.83. The van der Waals surface area contributed by atoms with E-state index in [1.54, 1.807) is 0 Å². The van der Waals surface area contributed by atoms with Gasteiger partial charge in [0.05, 0.1) is 0 Å². The monoisotopic (exact) mass is 233 g/mol. The van der Waals surface area contributed by atoms with Gasteiger partial charge in [0.1, 0.15) is 0 Å². The van der Waals surface area contributed by atoms with Crippen LogP contribution in [0.2, 0.25) is 0 Å². The second kappa shape index (κ2) is 6.07. The standard InChI is InChI=1S/C7H12N3O.BrH/c8-9-7(11)6-10-4-2-1-3-5-10;/h1-5,7,9,11H,6,8H2;1H/q+1;/p-1. The number of nitrogens with two attached hydrogens (primary N) is 1. The van der Waals surface area contributed by atoms with E-state index in [1.807, 2.05) is 35.2 Å². The number of pyridine rings is 1. The molecule has 1 heterocycles. The lowest BCUT2D eigenvalue weighted by atomic mass is 10.4. The van der Waals surface area contributed by atoms with Crippen molar-refractivity contribution in [1.82, 2.24) is 5.43 Å². The minimum Gasteiger partial charge on any atom is -1.00 e. The molecule has 1 aromatic heterocycles. The zero-order chi connectivity index (χ0) is 8.10. The van der Waals surface area contributed by atoms with Crippen molar-refractivity contribution in [2.75, 3.05) is 0 Å². The van der Waals surface area contributed by atoms with E-state index in [2.05, 4.69) is 5.43 Å². The Hall–Kier alpha value is -0.490. The summed E-state index contributed by atoms with van der Waals surface area (Å²) in [7, 11) is 0. The first-order valence-electron chi connectivity index (χ1n) is 3.41. The van der Waals surface area contributed by atoms with Gasteiger partial charge in [0.2, 0.25) is 0 Å². The maximum Gasteiger partial charge on any atom is 0.188 e. The zero-order valence-corrected chi connectivity index (χ0v) is 8.11. The van der Waals surface area contributed by atoms with Gasteiger partial charge in [-0.05, 0) is 0 Å². The first-order valence-corrected chi connectivity index (χ1v) is 3.41. The molecule has 4 nitrogen and oxygen atoms in total. The molecule has 0 aliphatic carbocycles. The van der Waals surface area contributed by atoms with Crippen LogP contribution in [-0.4, -0.2) is 11.3 Å². The van der Waals surface area contributed by atoms with E-state index >= 15 is 0 Å². The molecule has 0 spiro atoms. The van der Waals surface area contributed by atoms with Gasteiger partial charge in [-0.2, -0.15) is 0 Å². The van der Waals surface area contributed by atoms with Crippen LogP contribution in [0.25, 0.3) is 0 Å². The molecule has 68 valence electrons. The van der Waals surface area contributed by atoms with Gasteiger partial charge >= 0.3 is 0 Å². The highest BCUT2D eigenvalue weighted by Gasteiger charge is 2.05. The number of aliphatic hydroxyl groups is 1. The summed E-state index contributed by atoms with van der Waals surface area (Å²) in [4.78, 5) is 0. The van der Waals surface area contributed by atoms with Crippen molar-refractivity contribution in [3.05, 3.63) is 30.6 Å². The van der Waals surface area contributed by atoms with Gasteiger partial charge in [-0.3, -0.25) is 5.84 Å². The van der Waals surface area contributed by atoms with E-state index in [4.69, 9.17) is 10.9 Å². The van der Waals surface area contributed by atoms with Crippen molar-refractivity contribution in [2.24, 2.45) is 5.84 Å². The molecule has 0 amide bonds. The van der Waals surface area contributed by atoms with Crippen molar-refractivity contribution in [1.29, 1.82) is 0 Å². The predicted octanol–water partition coefficient (Wildman–Crippen LogP) is -4.24. The van der Waals surface area contributed by atoms with Crippen molar-refractivity contribution in [3.63, 3.8) is 0 Å². The van der Waals surface area contributed by atoms with Gasteiger partial charge in [-0.1, -0.05) is 6.07 Å². The fourth-order valence-corrected chi connectivity index (χ4v) is 0.808. The molecule has 0 fully saturated rings. The summed E-state index contributed by atoms with van der Waals surface area (Å²) in [6.07, 6.45) is 3.03. The van der Waals surface area contributed by atoms with Crippen LogP contribution in [0.4, 0.5) is 0 Å². The second-order valence-electron chi connectivity index (χ2n) is 2.25. The Bertz CT molecular complexity index is 207. The molecule has 1 unspecified atom stereocenters. The highest BCUT2D eigenvalue weighted by Crippen LogP contribution is 1.78. The number of aromatic nitrogens is 1. The van der Waals surface area contributed by atoms with Crippen molar-refractivity contribution in [2.45, 2.75) is 12.8 Å². The Morgan fingerprint density at radius 2 is 1.92 bits per heavy atom. The molecule has 0 radical (unpaired) electrons. The third-order valence-electron chi connectivity index (χ3n) is 1.35. The maximum atomic E-state index is 9.05. The smallest absolute Gasteiger partial charge is 0.188 e. The number of aliphatic hydroxyl groups excluding tert-OH is 1. The summed E-state index contributed by atoms with van der Waals surface area (Å²) < 4.78 is 1.84. The van der Waals surface area contributed by atoms with Crippen LogP contribution in [0.5, 0.6) is 0 Å². The number of rotatable bonds is 3. The lowest BCUT2D eigenvalue weighted by Crippen LogP contribution is -3.00. The van der Waals surface area contributed by atoms with Crippen LogP contribution in [0.1, 0.15) is 0 Å². The molecule has 0 bridgehead atoms. The molecule has 0 saturated carbocycles. The lowest BCUT2D eigenvalue weighted by molar-refractivity contribution is -0.704. The molecule has 4 N–H and O–H groups in total. The van der Waals surface area contributed by atoms with Gasteiger partial charge in [0, 0.05) is 12.1 Å². The van der Waals surface area contributed by atoms with Crippen molar-refractivity contribution >= 4 is 0 Å². The number of hydrogen-bond donors (Lipinski definition) is 3. The van der Waals surface area contributed by atoms with Crippen LogP contribution in [0, 0.1) is 0 Å². The van der Waals surface area contributed by atoms with Gasteiger partial charge < -0.3 is 22.1 Å². The molecule has 1 aromatic rings. The second-order valence-corrected chi connectivity index (χ2v) is 2.25. The normalized spacial score (nSPS) is 11.8. The van der Waals surface area contributed by atoms with Crippen LogP contribution >= 0.6 is 0 Å². The minimum absolute atomic E-state index is 0. The first kappa shape index (κ1) is 11.5. The average molecular weight is 234 g/mol. The topological polar surface area (TPSA) is 62.2 Å². The van der Waals surface area contributed by atoms with Crippen LogP contribution < -0.4 is 32.8 Å². The van der Waals surface area contributed by atoms with Crippen LogP contribution in [0.3, 0.4) is 0 Å². The lowest BCUT2D eigenvalue weighted by Gasteiger charge is -2.03. The van der Waals surface area contributed by atoms with Crippen molar-refractivity contribution in [3.8, 4) is 0 Å². The van der Waals surface area contributed by atoms with E-state index < -0.39 is 6.23 Å². The number of nitrogens with zero attached hydrogens (tertiary/aromatic N) is 1. The molecule has 12 heavy (non-hydrogen) atoms. The number of hydrazine groups is 1. The third kappa shape index (κ3) is 3.77. The maximum absolute atomic E-state index is 9.05. The Morgan fingerprint density at radius 1 is 1.33 bits per heavy atom.